The first-order valence-electron chi connectivity index (χ1n) is 12.0. The van der Waals surface area contributed by atoms with Crippen LogP contribution in [0.5, 0.6) is 11.5 Å². The van der Waals surface area contributed by atoms with Crippen molar-refractivity contribution < 1.29 is 19.1 Å². The molecule has 2 aromatic carbocycles. The first kappa shape index (κ1) is 24.8. The first-order valence-corrected chi connectivity index (χ1v) is 12.8. The highest BCUT2D eigenvalue weighted by atomic mass is 32.1. The van der Waals surface area contributed by atoms with Gasteiger partial charge in [-0.3, -0.25) is 9.59 Å². The van der Waals surface area contributed by atoms with Crippen LogP contribution in [0, 0.1) is 0 Å². The summed E-state index contributed by atoms with van der Waals surface area (Å²) >= 11 is 1.54. The Hall–Kier alpha value is -3.32. The lowest BCUT2D eigenvalue weighted by Crippen LogP contribution is -2.46. The maximum Gasteiger partial charge on any atom is 0.247 e. The van der Waals surface area contributed by atoms with Crippen LogP contribution in [0.25, 0.3) is 0 Å². The second-order valence-electron chi connectivity index (χ2n) is 8.76. The number of nitrogens with zero attached hydrogens (tertiary/aromatic N) is 1. The Morgan fingerprint density at radius 1 is 1.03 bits per heavy atom. The second-order valence-corrected chi connectivity index (χ2v) is 9.79. The van der Waals surface area contributed by atoms with Gasteiger partial charge in [-0.25, -0.2) is 0 Å². The Kier molecular flexibility index (Phi) is 8.42. The predicted octanol–water partition coefficient (Wildman–Crippen LogP) is 5.14. The lowest BCUT2D eigenvalue weighted by molar-refractivity contribution is -0.141. The Bertz CT molecular complexity index is 1130. The second kappa shape index (κ2) is 11.9. The topological polar surface area (TPSA) is 67.9 Å². The first-order chi connectivity index (χ1) is 17.1. The van der Waals surface area contributed by atoms with Gasteiger partial charge in [0.1, 0.15) is 17.5 Å². The van der Waals surface area contributed by atoms with Crippen LogP contribution in [0.2, 0.25) is 0 Å². The van der Waals surface area contributed by atoms with E-state index in [0.29, 0.717) is 17.1 Å². The molecule has 0 bridgehead atoms. The maximum atomic E-state index is 13.8. The van der Waals surface area contributed by atoms with Gasteiger partial charge >= 0.3 is 0 Å². The van der Waals surface area contributed by atoms with E-state index in [1.54, 1.807) is 19.1 Å². The van der Waals surface area contributed by atoms with Crippen LogP contribution < -0.4 is 14.8 Å². The van der Waals surface area contributed by atoms with Crippen molar-refractivity contribution in [2.24, 2.45) is 0 Å². The van der Waals surface area contributed by atoms with E-state index in [2.05, 4.69) is 5.32 Å². The Morgan fingerprint density at radius 3 is 2.54 bits per heavy atom. The number of methoxy groups -OCH3 is 2. The molecule has 1 N–H and O–H groups in total. The molecule has 184 valence electrons. The van der Waals surface area contributed by atoms with Crippen molar-refractivity contribution in [2.45, 2.75) is 50.7 Å². The third-order valence-corrected chi connectivity index (χ3v) is 7.31. The summed E-state index contributed by atoms with van der Waals surface area (Å²) in [6, 6.07) is 18.3. The van der Waals surface area contributed by atoms with Crippen molar-refractivity contribution in [3.63, 3.8) is 0 Å². The van der Waals surface area contributed by atoms with E-state index in [4.69, 9.17) is 9.47 Å². The number of para-hydroxylation sites is 1. The molecular weight excluding hydrogens is 460 g/mol. The molecule has 1 saturated carbocycles. The number of benzene rings is 2. The normalized spacial score (nSPS) is 14.3. The summed E-state index contributed by atoms with van der Waals surface area (Å²) in [4.78, 5) is 30.3. The molecule has 0 spiro atoms. The molecule has 0 saturated heterocycles. The number of carbonyl (C=O) groups is 2. The highest BCUT2D eigenvalue weighted by molar-refractivity contribution is 7.10. The molecule has 1 heterocycles. The van der Waals surface area contributed by atoms with E-state index in [0.717, 1.165) is 36.1 Å². The number of hydrogen-bond acceptors (Lipinski definition) is 5. The molecule has 1 aliphatic carbocycles. The van der Waals surface area contributed by atoms with Gasteiger partial charge in [0.15, 0.2) is 0 Å². The lowest BCUT2D eigenvalue weighted by atomic mass is 10.0. The molecule has 0 radical (unpaired) electrons. The smallest absolute Gasteiger partial charge is 0.247 e. The maximum absolute atomic E-state index is 13.8. The fraction of sp³-hybridized carbons (Fsp3) is 0.357. The van der Waals surface area contributed by atoms with Crippen molar-refractivity contribution in [1.82, 2.24) is 10.2 Å². The quantitative estimate of drug-likeness (QED) is 0.426. The zero-order valence-electron chi connectivity index (χ0n) is 20.2. The minimum absolute atomic E-state index is 0.118. The zero-order valence-corrected chi connectivity index (χ0v) is 21.1. The zero-order chi connectivity index (χ0) is 24.6. The molecule has 1 aliphatic rings. The van der Waals surface area contributed by atoms with Gasteiger partial charge < -0.3 is 19.7 Å². The Morgan fingerprint density at radius 2 is 1.83 bits per heavy atom. The van der Waals surface area contributed by atoms with Gasteiger partial charge in [0.2, 0.25) is 11.8 Å². The van der Waals surface area contributed by atoms with Crippen LogP contribution in [0.3, 0.4) is 0 Å². The molecule has 0 unspecified atom stereocenters. The third-order valence-electron chi connectivity index (χ3n) is 6.43. The van der Waals surface area contributed by atoms with Crippen molar-refractivity contribution in [3.05, 3.63) is 82.0 Å². The minimum atomic E-state index is -0.803. The number of ether oxygens (including phenoxy) is 2. The standard InChI is InChI=1S/C28H32N2O4S/c1-33-23-13-7-10-20(17-23)27(28(32)29-22-11-4-5-12-22)30(26(31)18-24-14-8-16-35-24)19-21-9-3-6-15-25(21)34-2/h3,6-10,13-17,22,27H,4-5,11-12,18-19H2,1-2H3,(H,29,32)/t27-/m1/s1. The molecule has 2 amide bonds. The van der Waals surface area contributed by atoms with Gasteiger partial charge in [-0.1, -0.05) is 49.2 Å². The summed E-state index contributed by atoms with van der Waals surface area (Å²) in [6.45, 7) is 0.244. The molecule has 35 heavy (non-hydrogen) atoms. The van der Waals surface area contributed by atoms with Crippen LogP contribution in [0.4, 0.5) is 0 Å². The molecule has 1 fully saturated rings. The largest absolute Gasteiger partial charge is 0.497 e. The van der Waals surface area contributed by atoms with Gasteiger partial charge in [0.05, 0.1) is 27.2 Å². The summed E-state index contributed by atoms with van der Waals surface area (Å²) < 4.78 is 11.0. The van der Waals surface area contributed by atoms with E-state index in [9.17, 15) is 9.59 Å². The minimum Gasteiger partial charge on any atom is -0.497 e. The fourth-order valence-corrected chi connectivity index (χ4v) is 5.33. The van der Waals surface area contributed by atoms with Crippen LogP contribution >= 0.6 is 11.3 Å². The summed E-state index contributed by atoms with van der Waals surface area (Å²) in [5.41, 5.74) is 1.56. The molecule has 1 aromatic heterocycles. The highest BCUT2D eigenvalue weighted by Crippen LogP contribution is 2.31. The van der Waals surface area contributed by atoms with Gasteiger partial charge in [0, 0.05) is 16.5 Å². The van der Waals surface area contributed by atoms with Gasteiger partial charge in [-0.2, -0.15) is 0 Å². The molecule has 3 aromatic rings. The number of thiophene rings is 1. The van der Waals surface area contributed by atoms with Gasteiger partial charge in [-0.05, 0) is 48.1 Å². The van der Waals surface area contributed by atoms with Crippen molar-refractivity contribution in [3.8, 4) is 11.5 Å². The van der Waals surface area contributed by atoms with Crippen molar-refractivity contribution >= 4 is 23.2 Å². The monoisotopic (exact) mass is 492 g/mol. The van der Waals surface area contributed by atoms with Gasteiger partial charge in [0.25, 0.3) is 0 Å². The Labute approximate surface area is 210 Å². The van der Waals surface area contributed by atoms with E-state index in [1.807, 2.05) is 66.0 Å². The summed E-state index contributed by atoms with van der Waals surface area (Å²) in [7, 11) is 3.21. The lowest BCUT2D eigenvalue weighted by Gasteiger charge is -2.33. The fourth-order valence-electron chi connectivity index (χ4n) is 4.64. The number of hydrogen-bond donors (Lipinski definition) is 1. The van der Waals surface area contributed by atoms with E-state index in [1.165, 1.54) is 11.3 Å². The molecule has 6 nitrogen and oxygen atoms in total. The van der Waals surface area contributed by atoms with Crippen molar-refractivity contribution in [2.75, 3.05) is 14.2 Å². The molecular formula is C28H32N2O4S. The summed E-state index contributed by atoms with van der Waals surface area (Å²) in [5, 5.41) is 5.18. The molecule has 4 rings (SSSR count). The predicted molar refractivity (Wildman–Crippen MR) is 138 cm³/mol. The van der Waals surface area contributed by atoms with Crippen LogP contribution in [-0.4, -0.2) is 37.0 Å². The average Bonchev–Trinajstić information content (AvgIpc) is 3.58. The number of nitrogens with one attached hydrogen (secondary N) is 1. The van der Waals surface area contributed by atoms with E-state index >= 15 is 0 Å². The van der Waals surface area contributed by atoms with E-state index in [-0.39, 0.29) is 30.8 Å². The summed E-state index contributed by atoms with van der Waals surface area (Å²) in [6.07, 6.45) is 4.37. The van der Waals surface area contributed by atoms with Gasteiger partial charge in [-0.15, -0.1) is 11.3 Å². The molecule has 1 atom stereocenters. The van der Waals surface area contributed by atoms with Crippen molar-refractivity contribution in [1.29, 1.82) is 0 Å². The van der Waals surface area contributed by atoms with E-state index < -0.39 is 6.04 Å². The molecule has 0 aliphatic heterocycles. The van der Waals surface area contributed by atoms with Crippen LogP contribution in [-0.2, 0) is 22.6 Å². The SMILES string of the molecule is COc1cccc([C@H](C(=O)NC2CCCC2)N(Cc2ccccc2OC)C(=O)Cc2cccs2)c1. The summed E-state index contributed by atoms with van der Waals surface area (Å²) in [5.74, 6) is 1.04. The number of carbonyl (C=O) groups excluding carboxylic acids is 2. The average molecular weight is 493 g/mol. The highest BCUT2D eigenvalue weighted by Gasteiger charge is 2.34. The number of rotatable bonds is 10. The Balaban J connectivity index is 1.74. The molecule has 7 heteroatoms. The third kappa shape index (κ3) is 6.22. The van der Waals surface area contributed by atoms with Crippen LogP contribution in [0.1, 0.15) is 47.7 Å². The number of amides is 2. The van der Waals surface area contributed by atoms with Crippen LogP contribution in [0.15, 0.2) is 66.0 Å².